The molecule has 4 heteroatoms. The standard InChI is InChI=1S/C15H17N3O/c1-3-11-9-15(19)17-10-13(11)14(4-2)18-12-5-7-16-8-6-12/h3-8H,2,9-10H2,1H3,(H,16,18)(H,17,19)/b11-3-,14-13+. The third-order valence-electron chi connectivity index (χ3n) is 3.04. The molecule has 0 spiro atoms. The van der Waals surface area contributed by atoms with Gasteiger partial charge in [-0.05, 0) is 36.3 Å². The number of rotatable bonds is 3. The molecule has 1 aliphatic rings. The van der Waals surface area contributed by atoms with E-state index in [1.54, 1.807) is 18.5 Å². The molecule has 1 fully saturated rings. The van der Waals surface area contributed by atoms with Crippen molar-refractivity contribution in [3.8, 4) is 0 Å². The third kappa shape index (κ3) is 3.10. The van der Waals surface area contributed by atoms with Crippen LogP contribution in [0.15, 0.2) is 60.1 Å². The lowest BCUT2D eigenvalue weighted by atomic mass is 9.96. The minimum atomic E-state index is 0.0594. The molecule has 1 amide bonds. The van der Waals surface area contributed by atoms with Crippen LogP contribution in [0.25, 0.3) is 0 Å². The van der Waals surface area contributed by atoms with Crippen LogP contribution in [-0.4, -0.2) is 17.4 Å². The summed E-state index contributed by atoms with van der Waals surface area (Å²) in [6, 6.07) is 3.78. The summed E-state index contributed by atoms with van der Waals surface area (Å²) >= 11 is 0. The number of carbonyl (C=O) groups is 1. The fourth-order valence-corrected chi connectivity index (χ4v) is 2.03. The molecule has 0 radical (unpaired) electrons. The predicted molar refractivity (Wildman–Crippen MR) is 76.5 cm³/mol. The van der Waals surface area contributed by atoms with Gasteiger partial charge in [0.05, 0.1) is 6.42 Å². The minimum Gasteiger partial charge on any atom is -0.355 e. The van der Waals surface area contributed by atoms with Crippen LogP contribution in [-0.2, 0) is 4.79 Å². The highest BCUT2D eigenvalue weighted by Gasteiger charge is 2.19. The van der Waals surface area contributed by atoms with Gasteiger partial charge in [-0.3, -0.25) is 9.78 Å². The topological polar surface area (TPSA) is 54.0 Å². The summed E-state index contributed by atoms with van der Waals surface area (Å²) in [6.45, 7) is 6.32. The summed E-state index contributed by atoms with van der Waals surface area (Å²) in [5, 5.41) is 6.17. The van der Waals surface area contributed by atoms with E-state index in [-0.39, 0.29) is 5.91 Å². The van der Waals surface area contributed by atoms with Gasteiger partial charge in [-0.25, -0.2) is 0 Å². The number of allylic oxidation sites excluding steroid dienone is 2. The Hall–Kier alpha value is -2.36. The van der Waals surface area contributed by atoms with E-state index in [0.29, 0.717) is 13.0 Å². The number of pyridine rings is 1. The number of amides is 1. The zero-order chi connectivity index (χ0) is 13.7. The van der Waals surface area contributed by atoms with Crippen molar-refractivity contribution in [2.75, 3.05) is 11.9 Å². The van der Waals surface area contributed by atoms with Crippen molar-refractivity contribution in [2.24, 2.45) is 0 Å². The van der Waals surface area contributed by atoms with E-state index in [4.69, 9.17) is 0 Å². The highest BCUT2D eigenvalue weighted by Crippen LogP contribution is 2.23. The molecule has 1 aromatic heterocycles. The average Bonchev–Trinajstić information content (AvgIpc) is 2.46. The summed E-state index contributed by atoms with van der Waals surface area (Å²) in [6.07, 6.45) is 7.63. The fourth-order valence-electron chi connectivity index (χ4n) is 2.03. The summed E-state index contributed by atoms with van der Waals surface area (Å²) in [5.74, 6) is 0.0594. The van der Waals surface area contributed by atoms with Gasteiger partial charge in [0.15, 0.2) is 0 Å². The van der Waals surface area contributed by atoms with E-state index in [2.05, 4.69) is 22.2 Å². The first-order valence-electron chi connectivity index (χ1n) is 6.19. The first kappa shape index (κ1) is 13.1. The Morgan fingerprint density at radius 2 is 2.21 bits per heavy atom. The van der Waals surface area contributed by atoms with Gasteiger partial charge < -0.3 is 10.6 Å². The predicted octanol–water partition coefficient (Wildman–Crippen LogP) is 2.40. The number of hydrogen-bond donors (Lipinski definition) is 2. The first-order chi connectivity index (χ1) is 9.24. The summed E-state index contributed by atoms with van der Waals surface area (Å²) in [4.78, 5) is 15.4. The van der Waals surface area contributed by atoms with E-state index in [1.165, 1.54) is 0 Å². The minimum absolute atomic E-state index is 0.0594. The second kappa shape index (κ2) is 6.00. The van der Waals surface area contributed by atoms with Gasteiger partial charge in [-0.1, -0.05) is 12.7 Å². The molecule has 1 saturated heterocycles. The van der Waals surface area contributed by atoms with Gasteiger partial charge in [-0.15, -0.1) is 0 Å². The lowest BCUT2D eigenvalue weighted by Crippen LogP contribution is -2.32. The van der Waals surface area contributed by atoms with E-state index < -0.39 is 0 Å². The molecule has 0 unspecified atom stereocenters. The lowest BCUT2D eigenvalue weighted by molar-refractivity contribution is -0.120. The molecule has 1 aliphatic heterocycles. The summed E-state index contributed by atoms with van der Waals surface area (Å²) in [5.41, 5.74) is 3.98. The molecule has 2 N–H and O–H groups in total. The van der Waals surface area contributed by atoms with Gasteiger partial charge in [-0.2, -0.15) is 0 Å². The zero-order valence-electron chi connectivity index (χ0n) is 10.9. The number of nitrogens with one attached hydrogen (secondary N) is 2. The van der Waals surface area contributed by atoms with Crippen LogP contribution in [0, 0.1) is 0 Å². The highest BCUT2D eigenvalue weighted by molar-refractivity contribution is 5.82. The van der Waals surface area contributed by atoms with Crippen molar-refractivity contribution in [1.29, 1.82) is 0 Å². The second-order valence-electron chi connectivity index (χ2n) is 4.22. The van der Waals surface area contributed by atoms with Gasteiger partial charge in [0.1, 0.15) is 0 Å². The Kier molecular flexibility index (Phi) is 4.13. The third-order valence-corrected chi connectivity index (χ3v) is 3.04. The molecule has 0 aliphatic carbocycles. The normalized spacial score (nSPS) is 19.8. The second-order valence-corrected chi connectivity index (χ2v) is 4.22. The number of anilines is 1. The summed E-state index contributed by atoms with van der Waals surface area (Å²) < 4.78 is 0. The van der Waals surface area contributed by atoms with Crippen LogP contribution in [0.5, 0.6) is 0 Å². The number of piperidine rings is 1. The van der Waals surface area contributed by atoms with E-state index in [9.17, 15) is 4.79 Å². The van der Waals surface area contributed by atoms with Crippen LogP contribution in [0.1, 0.15) is 13.3 Å². The molecule has 0 saturated carbocycles. The smallest absolute Gasteiger partial charge is 0.224 e. The van der Waals surface area contributed by atoms with Crippen molar-refractivity contribution in [3.05, 3.63) is 60.1 Å². The number of hydrogen-bond acceptors (Lipinski definition) is 3. The maximum absolute atomic E-state index is 11.4. The maximum Gasteiger partial charge on any atom is 0.224 e. The van der Waals surface area contributed by atoms with Gasteiger partial charge in [0, 0.05) is 30.3 Å². The monoisotopic (exact) mass is 255 g/mol. The molecule has 2 rings (SSSR count). The van der Waals surface area contributed by atoms with Crippen LogP contribution >= 0.6 is 0 Å². The molecular formula is C15H17N3O. The molecule has 1 aromatic rings. The van der Waals surface area contributed by atoms with Crippen LogP contribution in [0.3, 0.4) is 0 Å². The number of aromatic nitrogens is 1. The number of nitrogens with zero attached hydrogens (tertiary/aromatic N) is 1. The van der Waals surface area contributed by atoms with Crippen LogP contribution in [0.2, 0.25) is 0 Å². The zero-order valence-corrected chi connectivity index (χ0v) is 10.9. The van der Waals surface area contributed by atoms with E-state index in [0.717, 1.165) is 22.5 Å². The molecule has 19 heavy (non-hydrogen) atoms. The van der Waals surface area contributed by atoms with Crippen molar-refractivity contribution >= 4 is 11.6 Å². The Balaban J connectivity index is 2.31. The van der Waals surface area contributed by atoms with Gasteiger partial charge in [0.25, 0.3) is 0 Å². The lowest BCUT2D eigenvalue weighted by Gasteiger charge is -2.22. The molecule has 0 aromatic carbocycles. The van der Waals surface area contributed by atoms with Crippen molar-refractivity contribution in [3.63, 3.8) is 0 Å². The first-order valence-corrected chi connectivity index (χ1v) is 6.19. The highest BCUT2D eigenvalue weighted by atomic mass is 16.1. The number of carbonyl (C=O) groups excluding carboxylic acids is 1. The van der Waals surface area contributed by atoms with Crippen molar-refractivity contribution < 1.29 is 4.79 Å². The maximum atomic E-state index is 11.4. The molecule has 2 heterocycles. The molecule has 4 nitrogen and oxygen atoms in total. The van der Waals surface area contributed by atoms with E-state index in [1.807, 2.05) is 25.1 Å². The van der Waals surface area contributed by atoms with Crippen molar-refractivity contribution in [1.82, 2.24) is 10.3 Å². The Labute approximate surface area is 112 Å². The SMILES string of the molecule is C=C/C(Nc1ccncc1)=C1/CNC(=O)C/C1=C/C. The summed E-state index contributed by atoms with van der Waals surface area (Å²) in [7, 11) is 0. The Morgan fingerprint density at radius 3 is 2.84 bits per heavy atom. The van der Waals surface area contributed by atoms with Crippen molar-refractivity contribution in [2.45, 2.75) is 13.3 Å². The average molecular weight is 255 g/mol. The Bertz CT molecular complexity index is 544. The van der Waals surface area contributed by atoms with Gasteiger partial charge >= 0.3 is 0 Å². The van der Waals surface area contributed by atoms with E-state index >= 15 is 0 Å². The fraction of sp³-hybridized carbons (Fsp3) is 0.200. The Morgan fingerprint density at radius 1 is 1.47 bits per heavy atom. The van der Waals surface area contributed by atoms with Gasteiger partial charge in [0.2, 0.25) is 5.91 Å². The largest absolute Gasteiger partial charge is 0.355 e. The molecule has 0 bridgehead atoms. The molecule has 98 valence electrons. The van der Waals surface area contributed by atoms with Crippen LogP contribution in [0.4, 0.5) is 5.69 Å². The quantitative estimate of drug-likeness (QED) is 0.872. The molecule has 0 atom stereocenters. The molecular weight excluding hydrogens is 238 g/mol. The van der Waals surface area contributed by atoms with Crippen LogP contribution < -0.4 is 10.6 Å².